The minimum Gasteiger partial charge on any atom is -0.387 e. The van der Waals surface area contributed by atoms with Gasteiger partial charge in [-0.2, -0.15) is 0 Å². The second-order valence-corrected chi connectivity index (χ2v) is 6.19. The van der Waals surface area contributed by atoms with Crippen LogP contribution in [0.4, 0.5) is 0 Å². The van der Waals surface area contributed by atoms with Gasteiger partial charge in [-0.25, -0.2) is 0 Å². The largest absolute Gasteiger partial charge is 0.387 e. The third kappa shape index (κ3) is 3.26. The van der Waals surface area contributed by atoms with Crippen molar-refractivity contribution in [3.05, 3.63) is 56.8 Å². The van der Waals surface area contributed by atoms with Crippen LogP contribution in [0.15, 0.2) is 30.3 Å². The van der Waals surface area contributed by atoms with Gasteiger partial charge >= 0.3 is 0 Å². The van der Waals surface area contributed by atoms with E-state index in [1.54, 1.807) is 0 Å². The van der Waals surface area contributed by atoms with Gasteiger partial charge in [0.15, 0.2) is 0 Å². The fourth-order valence-electron chi connectivity index (χ4n) is 2.03. The normalized spacial score (nSPS) is 12.2. The van der Waals surface area contributed by atoms with E-state index in [-0.39, 0.29) is 12.5 Å². The lowest BCUT2D eigenvalue weighted by Gasteiger charge is -2.14. The van der Waals surface area contributed by atoms with Crippen molar-refractivity contribution in [1.82, 2.24) is 5.32 Å². The molecule has 1 aromatic carbocycles. The van der Waals surface area contributed by atoms with Crippen molar-refractivity contribution in [2.45, 2.75) is 26.9 Å². The highest BCUT2D eigenvalue weighted by Gasteiger charge is 2.14. The molecule has 0 spiro atoms. The van der Waals surface area contributed by atoms with Crippen LogP contribution in [0.5, 0.6) is 0 Å². The predicted molar refractivity (Wildman–Crippen MR) is 82.3 cm³/mol. The lowest BCUT2D eigenvalue weighted by atomic mass is 10.0. The zero-order valence-corrected chi connectivity index (χ0v) is 12.8. The molecule has 0 radical (unpaired) electrons. The lowest BCUT2D eigenvalue weighted by molar-refractivity contribution is 0.0920. The summed E-state index contributed by atoms with van der Waals surface area (Å²) in [5.74, 6) is -0.126. The number of nitrogens with one attached hydrogen (secondary N) is 1. The van der Waals surface area contributed by atoms with Crippen LogP contribution in [0, 0.1) is 20.8 Å². The van der Waals surface area contributed by atoms with Gasteiger partial charge < -0.3 is 10.4 Å². The van der Waals surface area contributed by atoms with Crippen LogP contribution >= 0.6 is 11.3 Å². The number of aliphatic hydroxyl groups is 1. The summed E-state index contributed by atoms with van der Waals surface area (Å²) in [6, 6.07) is 9.54. The zero-order chi connectivity index (χ0) is 14.7. The summed E-state index contributed by atoms with van der Waals surface area (Å²) in [6.07, 6.45) is -0.678. The van der Waals surface area contributed by atoms with Crippen LogP contribution in [-0.4, -0.2) is 17.6 Å². The summed E-state index contributed by atoms with van der Waals surface area (Å²) in [5, 5.41) is 12.9. The molecule has 2 rings (SSSR count). The monoisotopic (exact) mass is 289 g/mol. The van der Waals surface area contributed by atoms with Crippen molar-refractivity contribution in [3.8, 4) is 0 Å². The molecular weight excluding hydrogens is 270 g/mol. The van der Waals surface area contributed by atoms with Gasteiger partial charge in [0, 0.05) is 11.4 Å². The number of hydrogen-bond acceptors (Lipinski definition) is 3. The number of hydrogen-bond donors (Lipinski definition) is 2. The minimum absolute atomic E-state index is 0.126. The van der Waals surface area contributed by atoms with Gasteiger partial charge in [0.1, 0.15) is 0 Å². The van der Waals surface area contributed by atoms with E-state index in [9.17, 15) is 9.90 Å². The molecule has 0 aliphatic rings. The molecule has 1 heterocycles. The van der Waals surface area contributed by atoms with Gasteiger partial charge in [-0.05, 0) is 43.5 Å². The predicted octanol–water partition coefficient (Wildman–Crippen LogP) is 3.14. The van der Waals surface area contributed by atoms with E-state index in [1.165, 1.54) is 11.3 Å². The molecule has 0 saturated heterocycles. The molecule has 0 bridgehead atoms. The topological polar surface area (TPSA) is 49.3 Å². The van der Waals surface area contributed by atoms with Gasteiger partial charge in [-0.15, -0.1) is 11.3 Å². The van der Waals surface area contributed by atoms with Gasteiger partial charge in [0.25, 0.3) is 5.91 Å². The van der Waals surface area contributed by atoms with E-state index in [4.69, 9.17) is 0 Å². The first-order valence-corrected chi connectivity index (χ1v) is 7.39. The van der Waals surface area contributed by atoms with Crippen LogP contribution in [-0.2, 0) is 0 Å². The molecule has 0 saturated carbocycles. The van der Waals surface area contributed by atoms with E-state index in [2.05, 4.69) is 5.32 Å². The summed E-state index contributed by atoms with van der Waals surface area (Å²) < 4.78 is 0. The summed E-state index contributed by atoms with van der Waals surface area (Å²) in [4.78, 5) is 13.9. The fraction of sp³-hybridized carbons (Fsp3) is 0.312. The first-order valence-electron chi connectivity index (χ1n) is 6.58. The average molecular weight is 289 g/mol. The number of rotatable bonds is 4. The van der Waals surface area contributed by atoms with Gasteiger partial charge in [-0.1, -0.05) is 24.3 Å². The molecule has 4 heteroatoms. The van der Waals surface area contributed by atoms with Crippen LogP contribution in [0.25, 0.3) is 0 Å². The van der Waals surface area contributed by atoms with Crippen molar-refractivity contribution in [1.29, 1.82) is 0 Å². The highest BCUT2D eigenvalue weighted by atomic mass is 32.1. The Bertz CT molecular complexity index is 599. The number of benzene rings is 1. The smallest absolute Gasteiger partial charge is 0.261 e. The Balaban J connectivity index is 1.98. The SMILES string of the molecule is Cc1ccccc1C(O)CNC(=O)c1cc(C)c(C)s1. The first kappa shape index (κ1) is 14.8. The van der Waals surface area contributed by atoms with Crippen molar-refractivity contribution < 1.29 is 9.90 Å². The van der Waals surface area contributed by atoms with Crippen LogP contribution < -0.4 is 5.32 Å². The van der Waals surface area contributed by atoms with E-state index in [1.807, 2.05) is 51.1 Å². The molecule has 0 aliphatic heterocycles. The Kier molecular flexibility index (Phi) is 4.57. The third-order valence-electron chi connectivity index (χ3n) is 3.39. The van der Waals surface area contributed by atoms with Crippen molar-refractivity contribution >= 4 is 17.2 Å². The first-order chi connectivity index (χ1) is 9.49. The second kappa shape index (κ2) is 6.20. The molecule has 1 aromatic heterocycles. The van der Waals surface area contributed by atoms with E-state index < -0.39 is 6.10 Å². The maximum Gasteiger partial charge on any atom is 0.261 e. The highest BCUT2D eigenvalue weighted by Crippen LogP contribution is 2.21. The minimum atomic E-state index is -0.678. The Morgan fingerprint density at radius 1 is 1.25 bits per heavy atom. The summed E-state index contributed by atoms with van der Waals surface area (Å²) in [6.45, 7) is 6.16. The van der Waals surface area contributed by atoms with E-state index >= 15 is 0 Å². The Morgan fingerprint density at radius 2 is 1.95 bits per heavy atom. The van der Waals surface area contributed by atoms with Gasteiger partial charge in [0.05, 0.1) is 11.0 Å². The molecule has 1 atom stereocenters. The molecule has 2 N–H and O–H groups in total. The molecule has 1 unspecified atom stereocenters. The summed E-state index contributed by atoms with van der Waals surface area (Å²) >= 11 is 1.48. The molecule has 2 aromatic rings. The molecule has 20 heavy (non-hydrogen) atoms. The average Bonchev–Trinajstić information content (AvgIpc) is 2.76. The van der Waals surface area contributed by atoms with E-state index in [0.717, 1.165) is 21.6 Å². The van der Waals surface area contributed by atoms with Crippen molar-refractivity contribution in [3.63, 3.8) is 0 Å². The van der Waals surface area contributed by atoms with Gasteiger partial charge in [0.2, 0.25) is 0 Å². The van der Waals surface area contributed by atoms with Crippen LogP contribution in [0.1, 0.15) is 37.3 Å². The van der Waals surface area contributed by atoms with Crippen molar-refractivity contribution in [2.24, 2.45) is 0 Å². The number of carbonyl (C=O) groups excluding carboxylic acids is 1. The van der Waals surface area contributed by atoms with Crippen LogP contribution in [0.2, 0.25) is 0 Å². The Labute approximate surface area is 123 Å². The summed E-state index contributed by atoms with van der Waals surface area (Å²) in [5.41, 5.74) is 3.00. The standard InChI is InChI=1S/C16H19NO2S/c1-10-6-4-5-7-13(10)14(18)9-17-16(19)15-8-11(2)12(3)20-15/h4-8,14,18H,9H2,1-3H3,(H,17,19). The second-order valence-electron chi connectivity index (χ2n) is 4.93. The van der Waals surface area contributed by atoms with E-state index in [0.29, 0.717) is 4.88 Å². The maximum absolute atomic E-state index is 12.0. The number of aryl methyl sites for hydroxylation is 3. The number of amides is 1. The molecular formula is C16H19NO2S. The molecule has 0 aliphatic carbocycles. The molecule has 1 amide bonds. The molecule has 106 valence electrons. The van der Waals surface area contributed by atoms with Crippen molar-refractivity contribution in [2.75, 3.05) is 6.54 Å². The van der Waals surface area contributed by atoms with Gasteiger partial charge in [-0.3, -0.25) is 4.79 Å². The number of aliphatic hydroxyl groups excluding tert-OH is 1. The quantitative estimate of drug-likeness (QED) is 0.908. The Hall–Kier alpha value is -1.65. The number of carbonyl (C=O) groups is 1. The maximum atomic E-state index is 12.0. The fourth-order valence-corrected chi connectivity index (χ4v) is 2.98. The zero-order valence-electron chi connectivity index (χ0n) is 11.9. The molecule has 0 fully saturated rings. The summed E-state index contributed by atoms with van der Waals surface area (Å²) in [7, 11) is 0. The Morgan fingerprint density at radius 3 is 2.55 bits per heavy atom. The number of thiophene rings is 1. The third-order valence-corrected chi connectivity index (χ3v) is 4.54. The lowest BCUT2D eigenvalue weighted by Crippen LogP contribution is -2.28. The highest BCUT2D eigenvalue weighted by molar-refractivity contribution is 7.14. The van der Waals surface area contributed by atoms with Crippen LogP contribution in [0.3, 0.4) is 0 Å². The molecule has 3 nitrogen and oxygen atoms in total.